The van der Waals surface area contributed by atoms with Crippen molar-refractivity contribution < 1.29 is 19.2 Å². The predicted octanol–water partition coefficient (Wildman–Crippen LogP) is 2.76. The van der Waals surface area contributed by atoms with Crippen molar-refractivity contribution in [3.63, 3.8) is 0 Å². The number of nitro groups is 1. The Balaban J connectivity index is 1.80. The number of nitrogens with one attached hydrogen (secondary N) is 1. The van der Waals surface area contributed by atoms with Gasteiger partial charge >= 0.3 is 6.09 Å². The molecular formula is C17H16N2O5. The molecule has 0 atom stereocenters. The van der Waals surface area contributed by atoms with Crippen LogP contribution in [-0.2, 0) is 29.1 Å². The highest BCUT2D eigenvalue weighted by atomic mass is 16.6. The highest BCUT2D eigenvalue weighted by Gasteiger charge is 2.06. The van der Waals surface area contributed by atoms with Gasteiger partial charge in [-0.05, 0) is 28.8 Å². The zero-order valence-electron chi connectivity index (χ0n) is 12.8. The second kappa shape index (κ2) is 8.42. The molecule has 0 aliphatic heterocycles. The molecule has 2 aromatic carbocycles. The summed E-state index contributed by atoms with van der Waals surface area (Å²) in [5.41, 5.74) is 2.38. The molecule has 0 spiro atoms. The Morgan fingerprint density at radius 2 is 1.83 bits per heavy atom. The van der Waals surface area contributed by atoms with E-state index in [1.807, 2.05) is 24.3 Å². The normalized spacial score (nSPS) is 10.0. The van der Waals surface area contributed by atoms with Crippen molar-refractivity contribution in [3.8, 4) is 0 Å². The number of amides is 1. The molecule has 0 aliphatic rings. The van der Waals surface area contributed by atoms with Crippen LogP contribution in [0, 0.1) is 10.1 Å². The average Bonchev–Trinajstić information content (AvgIpc) is 2.59. The Kier molecular flexibility index (Phi) is 6.01. The zero-order chi connectivity index (χ0) is 17.4. The first-order valence-corrected chi connectivity index (χ1v) is 7.24. The van der Waals surface area contributed by atoms with Gasteiger partial charge in [0, 0.05) is 25.1 Å². The lowest BCUT2D eigenvalue weighted by molar-refractivity contribution is -0.384. The number of alkyl carbamates (subject to hydrolysis) is 1. The molecule has 0 aromatic heterocycles. The van der Waals surface area contributed by atoms with Gasteiger partial charge in [-0.15, -0.1) is 0 Å². The van der Waals surface area contributed by atoms with Crippen molar-refractivity contribution in [3.05, 3.63) is 75.3 Å². The van der Waals surface area contributed by atoms with E-state index < -0.39 is 11.0 Å². The van der Waals surface area contributed by atoms with E-state index >= 15 is 0 Å². The Labute approximate surface area is 138 Å². The minimum atomic E-state index is -0.589. The van der Waals surface area contributed by atoms with Crippen LogP contribution in [-0.4, -0.2) is 17.3 Å². The molecule has 1 N–H and O–H groups in total. The summed E-state index contributed by atoms with van der Waals surface area (Å²) in [6.45, 7) is 0.306. The molecule has 7 heteroatoms. The number of aldehydes is 1. The smallest absolute Gasteiger partial charge is 0.407 e. The number of ether oxygens (including phenoxy) is 1. The third kappa shape index (κ3) is 5.20. The molecule has 0 unspecified atom stereocenters. The average molecular weight is 328 g/mol. The number of hydrogen-bond donors (Lipinski definition) is 1. The zero-order valence-corrected chi connectivity index (χ0v) is 12.8. The monoisotopic (exact) mass is 328 g/mol. The highest BCUT2D eigenvalue weighted by molar-refractivity contribution is 5.67. The van der Waals surface area contributed by atoms with E-state index in [1.54, 1.807) is 0 Å². The Bertz CT molecular complexity index is 728. The van der Waals surface area contributed by atoms with Crippen molar-refractivity contribution >= 4 is 18.1 Å². The van der Waals surface area contributed by atoms with Gasteiger partial charge in [0.2, 0.25) is 0 Å². The molecule has 0 fully saturated rings. The second-order valence-corrected chi connectivity index (χ2v) is 5.04. The highest BCUT2D eigenvalue weighted by Crippen LogP contribution is 2.12. The van der Waals surface area contributed by atoms with Gasteiger partial charge < -0.3 is 14.8 Å². The van der Waals surface area contributed by atoms with Crippen molar-refractivity contribution in [2.45, 2.75) is 19.6 Å². The third-order valence-electron chi connectivity index (χ3n) is 3.26. The van der Waals surface area contributed by atoms with E-state index in [-0.39, 0.29) is 18.8 Å². The summed E-state index contributed by atoms with van der Waals surface area (Å²) < 4.78 is 5.05. The molecular weight excluding hydrogens is 312 g/mol. The van der Waals surface area contributed by atoms with Gasteiger partial charge in [0.15, 0.2) is 0 Å². The maximum atomic E-state index is 11.7. The van der Waals surface area contributed by atoms with Gasteiger partial charge in [0.25, 0.3) is 5.69 Å². The van der Waals surface area contributed by atoms with Gasteiger partial charge in [-0.3, -0.25) is 10.1 Å². The summed E-state index contributed by atoms with van der Waals surface area (Å²) in [6.07, 6.45) is 0.567. The van der Waals surface area contributed by atoms with E-state index in [2.05, 4.69) is 5.32 Å². The number of non-ortho nitro benzene ring substituents is 1. The lowest BCUT2D eigenvalue weighted by atomic mass is 10.1. The van der Waals surface area contributed by atoms with Crippen molar-refractivity contribution in [1.82, 2.24) is 5.32 Å². The number of rotatable bonds is 7. The van der Waals surface area contributed by atoms with Crippen LogP contribution in [0.4, 0.5) is 10.5 Å². The van der Waals surface area contributed by atoms with Gasteiger partial charge in [-0.25, -0.2) is 4.79 Å². The fraction of sp³-hybridized carbons (Fsp3) is 0.176. The van der Waals surface area contributed by atoms with Gasteiger partial charge in [-0.2, -0.15) is 0 Å². The number of nitrogens with zero attached hydrogens (tertiary/aromatic N) is 1. The largest absolute Gasteiger partial charge is 0.445 e. The standard InChI is InChI=1S/C17H16N2O5/c20-9-8-13-2-1-3-15(10-13)11-18-17(21)24-12-14-4-6-16(7-5-14)19(22)23/h1-7,9-10H,8,11-12H2,(H,18,21). The van der Waals surface area contributed by atoms with Crippen LogP contribution in [0.3, 0.4) is 0 Å². The summed E-state index contributed by atoms with van der Waals surface area (Å²) in [6, 6.07) is 13.1. The number of nitro benzene ring substituents is 1. The van der Waals surface area contributed by atoms with Crippen LogP contribution >= 0.6 is 0 Å². The van der Waals surface area contributed by atoms with Gasteiger partial charge in [-0.1, -0.05) is 24.3 Å². The van der Waals surface area contributed by atoms with Gasteiger partial charge in [0.1, 0.15) is 12.9 Å². The second-order valence-electron chi connectivity index (χ2n) is 5.04. The van der Waals surface area contributed by atoms with Crippen molar-refractivity contribution in [2.24, 2.45) is 0 Å². The molecule has 0 bridgehead atoms. The fourth-order valence-electron chi connectivity index (χ4n) is 2.05. The van der Waals surface area contributed by atoms with E-state index in [0.29, 0.717) is 12.0 Å². The van der Waals surface area contributed by atoms with Crippen LogP contribution in [0.5, 0.6) is 0 Å². The minimum Gasteiger partial charge on any atom is -0.445 e. The molecule has 24 heavy (non-hydrogen) atoms. The molecule has 1 amide bonds. The van der Waals surface area contributed by atoms with Crippen LogP contribution in [0.15, 0.2) is 48.5 Å². The molecule has 2 aromatic rings. The summed E-state index contributed by atoms with van der Waals surface area (Å²) in [4.78, 5) is 32.2. The first-order chi connectivity index (χ1) is 11.6. The van der Waals surface area contributed by atoms with Crippen molar-refractivity contribution in [2.75, 3.05) is 0 Å². The van der Waals surface area contributed by atoms with Crippen LogP contribution < -0.4 is 5.32 Å². The Morgan fingerprint density at radius 3 is 2.50 bits per heavy atom. The fourth-order valence-corrected chi connectivity index (χ4v) is 2.05. The van der Waals surface area contributed by atoms with E-state index in [1.165, 1.54) is 24.3 Å². The number of carbonyl (C=O) groups excluding carboxylic acids is 2. The molecule has 7 nitrogen and oxygen atoms in total. The van der Waals surface area contributed by atoms with E-state index in [0.717, 1.165) is 17.4 Å². The molecule has 0 saturated heterocycles. The summed E-state index contributed by atoms with van der Waals surface area (Å²) in [5.74, 6) is 0. The lowest BCUT2D eigenvalue weighted by Crippen LogP contribution is -2.23. The van der Waals surface area contributed by atoms with Crippen LogP contribution in [0.1, 0.15) is 16.7 Å². The topological polar surface area (TPSA) is 98.5 Å². The first-order valence-electron chi connectivity index (χ1n) is 7.24. The predicted molar refractivity (Wildman–Crippen MR) is 86.3 cm³/mol. The summed E-state index contributed by atoms with van der Waals surface area (Å²) in [5, 5.41) is 13.2. The molecule has 0 heterocycles. The van der Waals surface area contributed by atoms with E-state index in [4.69, 9.17) is 4.74 Å². The molecule has 2 rings (SSSR count). The molecule has 124 valence electrons. The molecule has 0 aliphatic carbocycles. The molecule has 0 saturated carbocycles. The summed E-state index contributed by atoms with van der Waals surface area (Å²) >= 11 is 0. The SMILES string of the molecule is O=CCc1cccc(CNC(=O)OCc2ccc([N+](=O)[O-])cc2)c1. The summed E-state index contributed by atoms with van der Waals surface area (Å²) in [7, 11) is 0. The Hall–Kier alpha value is -3.22. The minimum absolute atomic E-state index is 0.0154. The van der Waals surface area contributed by atoms with Gasteiger partial charge in [0.05, 0.1) is 4.92 Å². The quantitative estimate of drug-likeness (QED) is 0.479. The van der Waals surface area contributed by atoms with Crippen LogP contribution in [0.25, 0.3) is 0 Å². The van der Waals surface area contributed by atoms with E-state index in [9.17, 15) is 19.7 Å². The third-order valence-corrected chi connectivity index (χ3v) is 3.26. The lowest BCUT2D eigenvalue weighted by Gasteiger charge is -2.08. The maximum Gasteiger partial charge on any atom is 0.407 e. The maximum absolute atomic E-state index is 11.7. The number of benzene rings is 2. The number of carbonyl (C=O) groups is 2. The molecule has 0 radical (unpaired) electrons. The Morgan fingerprint density at radius 1 is 1.12 bits per heavy atom. The number of hydrogen-bond acceptors (Lipinski definition) is 5. The first kappa shape index (κ1) is 17.1. The van der Waals surface area contributed by atoms with Crippen LogP contribution in [0.2, 0.25) is 0 Å². The van der Waals surface area contributed by atoms with Crippen molar-refractivity contribution in [1.29, 1.82) is 0 Å².